The van der Waals surface area contributed by atoms with Crippen molar-refractivity contribution in [3.63, 3.8) is 0 Å². The van der Waals surface area contributed by atoms with Gasteiger partial charge in [0.1, 0.15) is 5.76 Å². The van der Waals surface area contributed by atoms with Crippen LogP contribution >= 0.6 is 0 Å². The van der Waals surface area contributed by atoms with Crippen molar-refractivity contribution in [1.82, 2.24) is 0 Å². The molecule has 1 saturated carbocycles. The zero-order valence-electron chi connectivity index (χ0n) is 11.6. The van der Waals surface area contributed by atoms with Crippen LogP contribution in [-0.4, -0.2) is 0 Å². The van der Waals surface area contributed by atoms with E-state index in [1.807, 2.05) is 0 Å². The van der Waals surface area contributed by atoms with Crippen molar-refractivity contribution < 1.29 is 4.74 Å². The van der Waals surface area contributed by atoms with E-state index in [4.69, 9.17) is 4.74 Å². The van der Waals surface area contributed by atoms with Crippen LogP contribution in [0, 0.1) is 11.8 Å². The van der Waals surface area contributed by atoms with Crippen molar-refractivity contribution in [2.45, 2.75) is 65.7 Å². The molecule has 1 fully saturated rings. The molecule has 0 aromatic carbocycles. The molecule has 0 aromatic heterocycles. The van der Waals surface area contributed by atoms with E-state index in [-0.39, 0.29) is 0 Å². The molecule has 1 heterocycles. The standard InChI is InChI=1S/C16H26O/c1-4-14-6-5-7-15(10-9-14)16-11-8-12(2)13(3)17-16/h11,14-15H,4-10H2,1-3H3. The fourth-order valence-corrected chi connectivity index (χ4v) is 3.02. The molecular formula is C16H26O. The molecule has 0 N–H and O–H groups in total. The Balaban J connectivity index is 1.95. The van der Waals surface area contributed by atoms with E-state index in [2.05, 4.69) is 26.8 Å². The Labute approximate surface area is 106 Å². The first-order valence-electron chi connectivity index (χ1n) is 7.25. The van der Waals surface area contributed by atoms with Gasteiger partial charge in [0.05, 0.1) is 5.76 Å². The molecule has 1 aliphatic heterocycles. The molecule has 0 aromatic rings. The van der Waals surface area contributed by atoms with Gasteiger partial charge in [-0.05, 0) is 57.1 Å². The summed E-state index contributed by atoms with van der Waals surface area (Å²) in [7, 11) is 0. The third-order valence-electron chi connectivity index (χ3n) is 4.55. The molecule has 0 amide bonds. The Morgan fingerprint density at radius 3 is 2.71 bits per heavy atom. The minimum Gasteiger partial charge on any atom is -0.466 e. The average molecular weight is 234 g/mol. The Morgan fingerprint density at radius 2 is 2.00 bits per heavy atom. The summed E-state index contributed by atoms with van der Waals surface area (Å²) in [6.45, 7) is 6.61. The number of rotatable bonds is 2. The van der Waals surface area contributed by atoms with Gasteiger partial charge in [-0.1, -0.05) is 26.2 Å². The van der Waals surface area contributed by atoms with Crippen LogP contribution in [-0.2, 0) is 4.74 Å². The molecule has 0 spiro atoms. The molecule has 2 unspecified atom stereocenters. The van der Waals surface area contributed by atoms with Gasteiger partial charge in [-0.25, -0.2) is 0 Å². The normalized spacial score (nSPS) is 30.6. The molecule has 1 nitrogen and oxygen atoms in total. The summed E-state index contributed by atoms with van der Waals surface area (Å²) < 4.78 is 6.00. The van der Waals surface area contributed by atoms with Gasteiger partial charge in [-0.15, -0.1) is 0 Å². The minimum absolute atomic E-state index is 0.689. The highest BCUT2D eigenvalue weighted by molar-refractivity contribution is 5.18. The van der Waals surface area contributed by atoms with Crippen molar-refractivity contribution in [2.75, 3.05) is 0 Å². The van der Waals surface area contributed by atoms with Gasteiger partial charge in [0.2, 0.25) is 0 Å². The quantitative estimate of drug-likeness (QED) is 0.597. The van der Waals surface area contributed by atoms with Crippen molar-refractivity contribution >= 4 is 0 Å². The van der Waals surface area contributed by atoms with E-state index in [1.54, 1.807) is 0 Å². The number of hydrogen-bond acceptors (Lipinski definition) is 1. The van der Waals surface area contributed by atoms with E-state index >= 15 is 0 Å². The van der Waals surface area contributed by atoms with E-state index in [1.165, 1.54) is 49.9 Å². The molecule has 2 atom stereocenters. The molecule has 0 radical (unpaired) electrons. The third-order valence-corrected chi connectivity index (χ3v) is 4.55. The monoisotopic (exact) mass is 234 g/mol. The van der Waals surface area contributed by atoms with E-state index < -0.39 is 0 Å². The van der Waals surface area contributed by atoms with Crippen LogP contribution in [0.15, 0.2) is 23.2 Å². The van der Waals surface area contributed by atoms with Gasteiger partial charge in [0, 0.05) is 5.92 Å². The van der Waals surface area contributed by atoms with Crippen LogP contribution in [0.1, 0.15) is 65.7 Å². The van der Waals surface area contributed by atoms with Crippen LogP contribution in [0.2, 0.25) is 0 Å². The summed E-state index contributed by atoms with van der Waals surface area (Å²) >= 11 is 0. The molecular weight excluding hydrogens is 208 g/mol. The SMILES string of the molecule is CCC1CCCC(C2=CCC(C)=C(C)O2)CC1. The first-order chi connectivity index (χ1) is 8.20. The summed E-state index contributed by atoms with van der Waals surface area (Å²) in [6, 6.07) is 0. The first-order valence-corrected chi connectivity index (χ1v) is 7.25. The van der Waals surface area contributed by atoms with E-state index in [9.17, 15) is 0 Å². The van der Waals surface area contributed by atoms with Crippen molar-refractivity contribution in [3.05, 3.63) is 23.2 Å². The fraction of sp³-hybridized carbons (Fsp3) is 0.750. The summed E-state index contributed by atoms with van der Waals surface area (Å²) in [5.74, 6) is 4.06. The maximum absolute atomic E-state index is 6.00. The van der Waals surface area contributed by atoms with Gasteiger partial charge in [0.25, 0.3) is 0 Å². The van der Waals surface area contributed by atoms with Crippen LogP contribution in [0.3, 0.4) is 0 Å². The highest BCUT2D eigenvalue weighted by Crippen LogP contribution is 2.36. The lowest BCUT2D eigenvalue weighted by Gasteiger charge is -2.24. The molecule has 2 rings (SSSR count). The van der Waals surface area contributed by atoms with Crippen LogP contribution in [0.5, 0.6) is 0 Å². The largest absolute Gasteiger partial charge is 0.466 e. The smallest absolute Gasteiger partial charge is 0.103 e. The Morgan fingerprint density at radius 1 is 1.18 bits per heavy atom. The maximum Gasteiger partial charge on any atom is 0.103 e. The highest BCUT2D eigenvalue weighted by atomic mass is 16.5. The van der Waals surface area contributed by atoms with Crippen LogP contribution < -0.4 is 0 Å². The lowest BCUT2D eigenvalue weighted by molar-refractivity contribution is 0.231. The summed E-state index contributed by atoms with van der Waals surface area (Å²) in [6.07, 6.45) is 11.6. The molecule has 1 heteroatoms. The highest BCUT2D eigenvalue weighted by Gasteiger charge is 2.23. The predicted molar refractivity (Wildman–Crippen MR) is 72.5 cm³/mol. The van der Waals surface area contributed by atoms with Gasteiger partial charge < -0.3 is 4.74 Å². The van der Waals surface area contributed by atoms with Gasteiger partial charge in [-0.2, -0.15) is 0 Å². The molecule has 0 saturated heterocycles. The molecule has 0 bridgehead atoms. The second-order valence-electron chi connectivity index (χ2n) is 5.73. The number of hydrogen-bond donors (Lipinski definition) is 0. The maximum atomic E-state index is 6.00. The second kappa shape index (κ2) is 5.75. The zero-order chi connectivity index (χ0) is 12.3. The van der Waals surface area contributed by atoms with Crippen molar-refractivity contribution in [3.8, 4) is 0 Å². The summed E-state index contributed by atoms with van der Waals surface area (Å²) in [5, 5.41) is 0. The predicted octanol–water partition coefficient (Wildman–Crippen LogP) is 5.19. The van der Waals surface area contributed by atoms with Gasteiger partial charge in [0.15, 0.2) is 0 Å². The molecule has 2 aliphatic rings. The van der Waals surface area contributed by atoms with E-state index in [0.29, 0.717) is 5.92 Å². The van der Waals surface area contributed by atoms with Crippen LogP contribution in [0.25, 0.3) is 0 Å². The molecule has 17 heavy (non-hydrogen) atoms. The topological polar surface area (TPSA) is 9.23 Å². The first kappa shape index (κ1) is 12.7. The number of ether oxygens (including phenoxy) is 1. The van der Waals surface area contributed by atoms with Gasteiger partial charge >= 0.3 is 0 Å². The Bertz CT molecular complexity index is 324. The molecule has 1 aliphatic carbocycles. The summed E-state index contributed by atoms with van der Waals surface area (Å²) in [5.41, 5.74) is 1.38. The van der Waals surface area contributed by atoms with Gasteiger partial charge in [-0.3, -0.25) is 0 Å². The zero-order valence-corrected chi connectivity index (χ0v) is 11.6. The lowest BCUT2D eigenvalue weighted by atomic mass is 9.94. The fourth-order valence-electron chi connectivity index (χ4n) is 3.02. The van der Waals surface area contributed by atoms with Crippen LogP contribution in [0.4, 0.5) is 0 Å². The van der Waals surface area contributed by atoms with Crippen molar-refractivity contribution in [2.24, 2.45) is 11.8 Å². The molecule has 96 valence electrons. The van der Waals surface area contributed by atoms with Crippen molar-refractivity contribution in [1.29, 1.82) is 0 Å². The summed E-state index contributed by atoms with van der Waals surface area (Å²) in [4.78, 5) is 0. The second-order valence-corrected chi connectivity index (χ2v) is 5.73. The van der Waals surface area contributed by atoms with E-state index in [0.717, 1.165) is 18.1 Å². The average Bonchev–Trinajstić information content (AvgIpc) is 2.58. The minimum atomic E-state index is 0.689. The number of allylic oxidation sites excluding steroid dienone is 4. The Kier molecular flexibility index (Phi) is 4.31. The Hall–Kier alpha value is -0.720. The lowest BCUT2D eigenvalue weighted by Crippen LogP contribution is -2.10. The third kappa shape index (κ3) is 3.14.